The molecule has 0 saturated heterocycles. The molecule has 0 saturated carbocycles. The number of halogens is 1. The van der Waals surface area contributed by atoms with E-state index in [1.165, 1.54) is 23.5 Å². The number of rotatable bonds is 3. The van der Waals surface area contributed by atoms with Gasteiger partial charge >= 0.3 is 0 Å². The zero-order chi connectivity index (χ0) is 14.9. The molecule has 2 rings (SSSR count). The number of thiophene rings is 1. The number of nitro benzene ring substituents is 1. The molecule has 0 aliphatic rings. The highest BCUT2D eigenvalue weighted by atomic mass is 35.5. The highest BCUT2D eigenvalue weighted by molar-refractivity contribution is 7.13. The van der Waals surface area contributed by atoms with E-state index < -0.39 is 10.8 Å². The molecule has 20 heavy (non-hydrogen) atoms. The number of carbonyl (C=O) groups is 1. The number of anilines is 1. The van der Waals surface area contributed by atoms with Crippen LogP contribution in [-0.4, -0.2) is 15.9 Å². The monoisotopic (exact) mass is 312 g/mol. The lowest BCUT2D eigenvalue weighted by atomic mass is 10.2. The Bertz CT molecular complexity index is 699. The van der Waals surface area contributed by atoms with Crippen LogP contribution in [0.5, 0.6) is 5.75 Å². The zero-order valence-corrected chi connectivity index (χ0v) is 11.8. The summed E-state index contributed by atoms with van der Waals surface area (Å²) in [5, 5.41) is 24.8. The van der Waals surface area contributed by atoms with Crippen molar-refractivity contribution < 1.29 is 14.8 Å². The van der Waals surface area contributed by atoms with E-state index in [4.69, 9.17) is 11.6 Å². The Morgan fingerprint density at radius 3 is 2.70 bits per heavy atom. The molecule has 2 N–H and O–H groups in total. The minimum atomic E-state index is -0.634. The third kappa shape index (κ3) is 2.73. The molecule has 0 bridgehead atoms. The summed E-state index contributed by atoms with van der Waals surface area (Å²) in [5.74, 6) is -0.853. The molecule has 0 atom stereocenters. The molecule has 0 aliphatic heterocycles. The van der Waals surface area contributed by atoms with Gasteiger partial charge in [0.25, 0.3) is 11.6 Å². The summed E-state index contributed by atoms with van der Waals surface area (Å²) in [4.78, 5) is 22.2. The van der Waals surface area contributed by atoms with Crippen molar-refractivity contribution in [3.05, 3.63) is 49.2 Å². The summed E-state index contributed by atoms with van der Waals surface area (Å²) in [6.45, 7) is 1.78. The van der Waals surface area contributed by atoms with Crippen molar-refractivity contribution in [1.82, 2.24) is 0 Å². The molecular formula is C12H9ClN2O4S. The van der Waals surface area contributed by atoms with Crippen molar-refractivity contribution in [1.29, 1.82) is 0 Å². The van der Waals surface area contributed by atoms with E-state index in [1.807, 2.05) is 0 Å². The second-order valence-corrected chi connectivity index (χ2v) is 5.23. The second-order valence-electron chi connectivity index (χ2n) is 3.97. The van der Waals surface area contributed by atoms with Gasteiger partial charge in [-0.2, -0.15) is 0 Å². The fourth-order valence-electron chi connectivity index (χ4n) is 1.50. The lowest BCUT2D eigenvalue weighted by molar-refractivity contribution is -0.384. The van der Waals surface area contributed by atoms with Gasteiger partial charge < -0.3 is 10.4 Å². The predicted molar refractivity (Wildman–Crippen MR) is 76.8 cm³/mol. The van der Waals surface area contributed by atoms with Gasteiger partial charge in [0.1, 0.15) is 10.6 Å². The molecule has 1 heterocycles. The average molecular weight is 313 g/mol. The minimum absolute atomic E-state index is 0.0859. The van der Waals surface area contributed by atoms with Gasteiger partial charge in [-0.15, -0.1) is 11.3 Å². The van der Waals surface area contributed by atoms with E-state index in [2.05, 4.69) is 5.32 Å². The number of hydrogen-bond donors (Lipinski definition) is 2. The number of aryl methyl sites for hydroxylation is 1. The molecule has 6 nitrogen and oxygen atoms in total. The van der Waals surface area contributed by atoms with E-state index in [-0.39, 0.29) is 17.1 Å². The number of non-ortho nitro benzene ring substituents is 1. The SMILES string of the molecule is Cc1csc(C(=O)Nc2ccc([N+](=O)[O-])cc2O)c1Cl. The normalized spacial score (nSPS) is 10.3. The Hall–Kier alpha value is -2.12. The predicted octanol–water partition coefficient (Wildman–Crippen LogP) is 3.58. The molecule has 0 fully saturated rings. The van der Waals surface area contributed by atoms with E-state index >= 15 is 0 Å². The van der Waals surface area contributed by atoms with Gasteiger partial charge in [0.15, 0.2) is 0 Å². The fourth-order valence-corrected chi connectivity index (χ4v) is 2.68. The highest BCUT2D eigenvalue weighted by Gasteiger charge is 2.17. The molecule has 104 valence electrons. The summed E-state index contributed by atoms with van der Waals surface area (Å²) in [6.07, 6.45) is 0. The van der Waals surface area contributed by atoms with Crippen LogP contribution in [0, 0.1) is 17.0 Å². The van der Waals surface area contributed by atoms with Gasteiger partial charge in [-0.25, -0.2) is 0 Å². The fraction of sp³-hybridized carbons (Fsp3) is 0.0833. The van der Waals surface area contributed by atoms with Crippen molar-refractivity contribution in [3.63, 3.8) is 0 Å². The van der Waals surface area contributed by atoms with Crippen LogP contribution in [0.2, 0.25) is 5.02 Å². The third-order valence-corrected chi connectivity index (χ3v) is 4.24. The van der Waals surface area contributed by atoms with Crippen LogP contribution in [0.3, 0.4) is 0 Å². The topological polar surface area (TPSA) is 92.5 Å². The maximum absolute atomic E-state index is 12.0. The molecule has 8 heteroatoms. The molecule has 0 unspecified atom stereocenters. The van der Waals surface area contributed by atoms with Gasteiger partial charge in [-0.3, -0.25) is 14.9 Å². The molecular weight excluding hydrogens is 304 g/mol. The van der Waals surface area contributed by atoms with Crippen LogP contribution >= 0.6 is 22.9 Å². The number of nitrogens with one attached hydrogen (secondary N) is 1. The first-order chi connectivity index (χ1) is 9.40. The number of benzene rings is 1. The summed E-state index contributed by atoms with van der Waals surface area (Å²) in [5.41, 5.74) is 0.614. The number of nitrogens with zero attached hydrogens (tertiary/aromatic N) is 1. The van der Waals surface area contributed by atoms with E-state index in [9.17, 15) is 20.0 Å². The third-order valence-electron chi connectivity index (χ3n) is 2.55. The summed E-state index contributed by atoms with van der Waals surface area (Å²) in [6, 6.07) is 3.42. The second kappa shape index (κ2) is 5.48. The van der Waals surface area contributed by atoms with Crippen molar-refractivity contribution >= 4 is 40.2 Å². The van der Waals surface area contributed by atoms with Crippen molar-refractivity contribution in [3.8, 4) is 5.75 Å². The van der Waals surface area contributed by atoms with Crippen LogP contribution in [0.25, 0.3) is 0 Å². The number of amides is 1. The van der Waals surface area contributed by atoms with E-state index in [1.54, 1.807) is 12.3 Å². The Balaban J connectivity index is 2.24. The van der Waals surface area contributed by atoms with Crippen LogP contribution < -0.4 is 5.32 Å². The number of nitro groups is 1. The first kappa shape index (κ1) is 14.3. The number of hydrogen-bond acceptors (Lipinski definition) is 5. The molecule has 1 amide bonds. The minimum Gasteiger partial charge on any atom is -0.506 e. The molecule has 0 radical (unpaired) electrons. The van der Waals surface area contributed by atoms with Crippen molar-refractivity contribution in [2.24, 2.45) is 0 Å². The molecule has 0 spiro atoms. The first-order valence-electron chi connectivity index (χ1n) is 5.42. The highest BCUT2D eigenvalue weighted by Crippen LogP contribution is 2.31. The van der Waals surface area contributed by atoms with Gasteiger partial charge in [0, 0.05) is 6.07 Å². The smallest absolute Gasteiger partial charge is 0.273 e. The van der Waals surface area contributed by atoms with Crippen molar-refractivity contribution in [2.45, 2.75) is 6.92 Å². The largest absolute Gasteiger partial charge is 0.506 e. The molecule has 1 aromatic heterocycles. The van der Waals surface area contributed by atoms with E-state index in [0.29, 0.717) is 9.90 Å². The number of carbonyl (C=O) groups excluding carboxylic acids is 1. The van der Waals surface area contributed by atoms with Gasteiger partial charge in [0.05, 0.1) is 21.7 Å². The van der Waals surface area contributed by atoms with E-state index in [0.717, 1.165) is 11.6 Å². The molecule has 1 aromatic carbocycles. The Morgan fingerprint density at radius 2 is 2.20 bits per heavy atom. The number of phenolic OH excluding ortho intramolecular Hbond substituents is 1. The standard InChI is InChI=1S/C12H9ClN2O4S/c1-6-5-20-11(10(6)13)12(17)14-8-3-2-7(15(18)19)4-9(8)16/h2-5,16H,1H3,(H,14,17). The average Bonchev–Trinajstić information content (AvgIpc) is 2.72. The van der Waals surface area contributed by atoms with Gasteiger partial charge in [0.2, 0.25) is 0 Å². The quantitative estimate of drug-likeness (QED) is 0.514. The summed E-state index contributed by atoms with van der Waals surface area (Å²) >= 11 is 7.16. The lowest BCUT2D eigenvalue weighted by Gasteiger charge is -2.06. The van der Waals surface area contributed by atoms with Crippen LogP contribution in [0.4, 0.5) is 11.4 Å². The molecule has 0 aliphatic carbocycles. The Morgan fingerprint density at radius 1 is 1.50 bits per heavy atom. The van der Waals surface area contributed by atoms with Crippen LogP contribution in [0.1, 0.15) is 15.2 Å². The number of phenols is 1. The molecule has 2 aromatic rings. The zero-order valence-electron chi connectivity index (χ0n) is 10.2. The lowest BCUT2D eigenvalue weighted by Crippen LogP contribution is -2.11. The maximum Gasteiger partial charge on any atom is 0.273 e. The van der Waals surface area contributed by atoms with Crippen molar-refractivity contribution in [2.75, 3.05) is 5.32 Å². The summed E-state index contributed by atoms with van der Waals surface area (Å²) < 4.78 is 0. The van der Waals surface area contributed by atoms with Crippen LogP contribution in [-0.2, 0) is 0 Å². The Labute approximate surface area is 122 Å². The van der Waals surface area contributed by atoms with Crippen LogP contribution in [0.15, 0.2) is 23.6 Å². The van der Waals surface area contributed by atoms with Gasteiger partial charge in [-0.1, -0.05) is 11.6 Å². The van der Waals surface area contributed by atoms with Gasteiger partial charge in [-0.05, 0) is 23.9 Å². The first-order valence-corrected chi connectivity index (χ1v) is 6.68. The maximum atomic E-state index is 12.0. The summed E-state index contributed by atoms with van der Waals surface area (Å²) in [7, 11) is 0. The Kier molecular flexibility index (Phi) is 3.91. The number of aromatic hydroxyl groups is 1.